The van der Waals surface area contributed by atoms with E-state index >= 15 is 0 Å². The molecule has 0 saturated carbocycles. The predicted molar refractivity (Wildman–Crippen MR) is 78.4 cm³/mol. The summed E-state index contributed by atoms with van der Waals surface area (Å²) in [5.41, 5.74) is 0.928. The summed E-state index contributed by atoms with van der Waals surface area (Å²) in [7, 11) is 0. The second-order valence-electron chi connectivity index (χ2n) is 4.52. The maximum absolute atomic E-state index is 11.0. The van der Waals surface area contributed by atoms with Crippen LogP contribution >= 0.6 is 22.6 Å². The van der Waals surface area contributed by atoms with Crippen molar-refractivity contribution in [1.82, 2.24) is 0 Å². The van der Waals surface area contributed by atoms with Crippen molar-refractivity contribution in [3.05, 3.63) is 31.9 Å². The van der Waals surface area contributed by atoms with Gasteiger partial charge in [-0.15, -0.1) is 0 Å². The van der Waals surface area contributed by atoms with Crippen LogP contribution in [0, 0.1) is 19.6 Å². The van der Waals surface area contributed by atoms with Crippen LogP contribution in [0.25, 0.3) is 0 Å². The van der Waals surface area contributed by atoms with Crippen LogP contribution in [-0.2, 0) is 4.79 Å². The monoisotopic (exact) mass is 376 g/mol. The molecule has 1 unspecified atom stereocenters. The average Bonchev–Trinajstić information content (AvgIpc) is 2.38. The fourth-order valence-electron chi connectivity index (χ4n) is 2.26. The first-order valence-electron chi connectivity index (χ1n) is 5.90. The van der Waals surface area contributed by atoms with Crippen molar-refractivity contribution >= 4 is 39.9 Å². The van der Waals surface area contributed by atoms with Crippen LogP contribution in [0.1, 0.15) is 12.8 Å². The van der Waals surface area contributed by atoms with Gasteiger partial charge in [0.15, 0.2) is 0 Å². The van der Waals surface area contributed by atoms with Gasteiger partial charge in [0.25, 0.3) is 5.69 Å². The molecule has 1 aromatic rings. The molecule has 0 aliphatic carbocycles. The summed E-state index contributed by atoms with van der Waals surface area (Å²) in [6, 6.07) is 4.67. The molecular formula is C12H13IN2O4. The standard InChI is InChI=1S/C12H13IN2O4/c13-10-6-9(15(18)19)3-4-11(10)14-5-1-2-8(7-14)12(16)17/h3-4,6,8H,1-2,5,7H2,(H,16,17). The predicted octanol–water partition coefficient (Wildman–Crippen LogP) is 2.50. The van der Waals surface area contributed by atoms with Crippen LogP contribution in [-0.4, -0.2) is 29.1 Å². The number of hydrogen-bond donors (Lipinski definition) is 1. The van der Waals surface area contributed by atoms with E-state index in [0.717, 1.165) is 22.2 Å². The number of halogens is 1. The number of carboxylic acids is 1. The first kappa shape index (κ1) is 14.0. The van der Waals surface area contributed by atoms with Crippen LogP contribution < -0.4 is 4.90 Å². The number of nitrogens with zero attached hydrogens (tertiary/aromatic N) is 2. The Morgan fingerprint density at radius 2 is 2.26 bits per heavy atom. The summed E-state index contributed by atoms with van der Waals surface area (Å²) < 4.78 is 0.776. The van der Waals surface area contributed by atoms with Gasteiger partial charge in [-0.3, -0.25) is 14.9 Å². The Hall–Kier alpha value is -1.38. The molecule has 102 valence electrons. The third-order valence-corrected chi connectivity index (χ3v) is 4.12. The molecule has 7 heteroatoms. The van der Waals surface area contributed by atoms with E-state index in [4.69, 9.17) is 5.11 Å². The zero-order chi connectivity index (χ0) is 14.0. The molecule has 0 radical (unpaired) electrons. The summed E-state index contributed by atoms with van der Waals surface area (Å²) in [5.74, 6) is -1.14. The van der Waals surface area contributed by atoms with Gasteiger partial charge in [0.2, 0.25) is 0 Å². The molecule has 1 aliphatic heterocycles. The number of rotatable bonds is 3. The fraction of sp³-hybridized carbons (Fsp3) is 0.417. The Bertz CT molecular complexity index is 520. The molecule has 0 amide bonds. The summed E-state index contributed by atoms with van der Waals surface area (Å²) >= 11 is 2.05. The second kappa shape index (κ2) is 5.72. The quantitative estimate of drug-likeness (QED) is 0.498. The number of carbonyl (C=O) groups is 1. The zero-order valence-electron chi connectivity index (χ0n) is 10.1. The molecule has 1 aromatic carbocycles. The van der Waals surface area contributed by atoms with Gasteiger partial charge in [0.05, 0.1) is 16.5 Å². The van der Waals surface area contributed by atoms with Crippen molar-refractivity contribution < 1.29 is 14.8 Å². The molecule has 1 aliphatic rings. The van der Waals surface area contributed by atoms with E-state index in [2.05, 4.69) is 22.6 Å². The van der Waals surface area contributed by atoms with Gasteiger partial charge < -0.3 is 10.0 Å². The lowest BCUT2D eigenvalue weighted by Crippen LogP contribution is -2.39. The first-order chi connectivity index (χ1) is 8.99. The van der Waals surface area contributed by atoms with Crippen molar-refractivity contribution in [3.8, 4) is 0 Å². The van der Waals surface area contributed by atoms with E-state index in [9.17, 15) is 14.9 Å². The molecule has 1 atom stereocenters. The van der Waals surface area contributed by atoms with Crippen LogP contribution in [0.15, 0.2) is 18.2 Å². The molecule has 1 saturated heterocycles. The lowest BCUT2D eigenvalue weighted by molar-refractivity contribution is -0.384. The van der Waals surface area contributed by atoms with Crippen molar-refractivity contribution in [3.63, 3.8) is 0 Å². The van der Waals surface area contributed by atoms with E-state index in [0.29, 0.717) is 13.0 Å². The lowest BCUT2D eigenvalue weighted by Gasteiger charge is -2.33. The molecule has 0 aromatic heterocycles. The number of aliphatic carboxylic acids is 1. The average molecular weight is 376 g/mol. The minimum Gasteiger partial charge on any atom is -0.481 e. The van der Waals surface area contributed by atoms with E-state index in [1.807, 2.05) is 4.90 Å². The van der Waals surface area contributed by atoms with Gasteiger partial charge in [-0.2, -0.15) is 0 Å². The van der Waals surface area contributed by atoms with Gasteiger partial charge in [-0.1, -0.05) is 0 Å². The largest absolute Gasteiger partial charge is 0.481 e. The normalized spacial score (nSPS) is 19.2. The highest BCUT2D eigenvalue weighted by Crippen LogP contribution is 2.30. The lowest BCUT2D eigenvalue weighted by atomic mass is 9.98. The van der Waals surface area contributed by atoms with E-state index in [1.165, 1.54) is 12.1 Å². The fourth-order valence-corrected chi connectivity index (χ4v) is 3.10. The van der Waals surface area contributed by atoms with Gasteiger partial charge in [-0.05, 0) is 41.5 Å². The van der Waals surface area contributed by atoms with E-state index in [1.54, 1.807) is 6.07 Å². The van der Waals surface area contributed by atoms with Crippen molar-refractivity contribution in [1.29, 1.82) is 0 Å². The minimum atomic E-state index is -0.776. The Labute approximate surface area is 123 Å². The number of hydrogen-bond acceptors (Lipinski definition) is 4. The Morgan fingerprint density at radius 3 is 2.84 bits per heavy atom. The van der Waals surface area contributed by atoms with Crippen molar-refractivity contribution in [2.45, 2.75) is 12.8 Å². The van der Waals surface area contributed by atoms with Gasteiger partial charge in [-0.25, -0.2) is 0 Å². The Morgan fingerprint density at radius 1 is 1.53 bits per heavy atom. The van der Waals surface area contributed by atoms with Crippen LogP contribution in [0.3, 0.4) is 0 Å². The third-order valence-electron chi connectivity index (χ3n) is 3.25. The molecule has 1 N–H and O–H groups in total. The summed E-state index contributed by atoms with van der Waals surface area (Å²) in [6.45, 7) is 1.25. The molecule has 0 bridgehead atoms. The molecule has 1 fully saturated rings. The maximum Gasteiger partial charge on any atom is 0.308 e. The van der Waals surface area contributed by atoms with Gasteiger partial charge in [0, 0.05) is 28.8 Å². The molecule has 19 heavy (non-hydrogen) atoms. The third kappa shape index (κ3) is 3.14. The highest BCUT2D eigenvalue weighted by atomic mass is 127. The molecule has 1 heterocycles. The first-order valence-corrected chi connectivity index (χ1v) is 6.98. The van der Waals surface area contributed by atoms with Crippen LogP contribution in [0.5, 0.6) is 0 Å². The number of piperidine rings is 1. The second-order valence-corrected chi connectivity index (χ2v) is 5.68. The Kier molecular flexibility index (Phi) is 4.23. The maximum atomic E-state index is 11.0. The topological polar surface area (TPSA) is 83.7 Å². The zero-order valence-corrected chi connectivity index (χ0v) is 12.2. The van der Waals surface area contributed by atoms with E-state index < -0.39 is 10.9 Å². The number of benzene rings is 1. The number of nitro benzene ring substituents is 1. The van der Waals surface area contributed by atoms with Gasteiger partial charge in [0.1, 0.15) is 0 Å². The molecule has 2 rings (SSSR count). The number of nitro groups is 1. The Balaban J connectivity index is 2.22. The van der Waals surface area contributed by atoms with Crippen LogP contribution in [0.2, 0.25) is 0 Å². The number of non-ortho nitro benzene ring substituents is 1. The smallest absolute Gasteiger partial charge is 0.308 e. The van der Waals surface area contributed by atoms with Crippen molar-refractivity contribution in [2.24, 2.45) is 5.92 Å². The van der Waals surface area contributed by atoms with Gasteiger partial charge >= 0.3 is 5.97 Å². The number of anilines is 1. The minimum absolute atomic E-state index is 0.0555. The summed E-state index contributed by atoms with van der Waals surface area (Å²) in [5, 5.41) is 19.8. The van der Waals surface area contributed by atoms with E-state index in [-0.39, 0.29) is 11.6 Å². The SMILES string of the molecule is O=C(O)C1CCCN(c2ccc([N+](=O)[O-])cc2I)C1. The summed E-state index contributed by atoms with van der Waals surface area (Å²) in [4.78, 5) is 23.3. The highest BCUT2D eigenvalue weighted by Gasteiger charge is 2.26. The number of carboxylic acid groups (broad SMARTS) is 1. The van der Waals surface area contributed by atoms with Crippen LogP contribution in [0.4, 0.5) is 11.4 Å². The van der Waals surface area contributed by atoms with Crippen molar-refractivity contribution in [2.75, 3.05) is 18.0 Å². The highest BCUT2D eigenvalue weighted by molar-refractivity contribution is 14.1. The summed E-state index contributed by atoms with van der Waals surface area (Å²) in [6.07, 6.45) is 1.51. The molecule has 6 nitrogen and oxygen atoms in total. The molecular weight excluding hydrogens is 363 g/mol. The molecule has 0 spiro atoms.